The maximum absolute atomic E-state index is 12.5. The molecule has 3 aromatic rings. The summed E-state index contributed by atoms with van der Waals surface area (Å²) in [7, 11) is 1.80. The molecule has 1 aromatic heterocycles. The third-order valence-electron chi connectivity index (χ3n) is 4.04. The van der Waals surface area contributed by atoms with Crippen molar-refractivity contribution < 1.29 is 9.53 Å². The number of hydrogen-bond donors (Lipinski definition) is 0. The SMILES string of the molecule is Cc1cc(Cl)ccc1OCC(=O)C(C#N)c1nc2ccccc2n1C. The van der Waals surface area contributed by atoms with Crippen molar-refractivity contribution in [1.29, 1.82) is 5.26 Å². The minimum Gasteiger partial charge on any atom is -0.485 e. The number of aryl methyl sites for hydroxylation is 2. The summed E-state index contributed by atoms with van der Waals surface area (Å²) >= 11 is 5.91. The van der Waals surface area contributed by atoms with Crippen LogP contribution in [-0.4, -0.2) is 21.9 Å². The number of nitriles is 1. The number of hydrogen-bond acceptors (Lipinski definition) is 4. The number of carbonyl (C=O) groups excluding carboxylic acids is 1. The van der Waals surface area contributed by atoms with Gasteiger partial charge in [-0.05, 0) is 42.8 Å². The van der Waals surface area contributed by atoms with E-state index in [1.54, 1.807) is 29.8 Å². The Hall–Kier alpha value is -2.84. The molecular formula is C19H16ClN3O2. The Morgan fingerprint density at radius 2 is 2.12 bits per heavy atom. The van der Waals surface area contributed by atoms with E-state index in [0.29, 0.717) is 16.6 Å². The number of aromatic nitrogens is 2. The Kier molecular flexibility index (Phi) is 4.73. The third kappa shape index (κ3) is 3.35. The molecule has 3 rings (SSSR count). The van der Waals surface area contributed by atoms with Crippen molar-refractivity contribution >= 4 is 28.4 Å². The fourth-order valence-corrected chi connectivity index (χ4v) is 2.93. The highest BCUT2D eigenvalue weighted by Crippen LogP contribution is 2.24. The molecule has 0 spiro atoms. The topological polar surface area (TPSA) is 67.9 Å². The molecule has 0 N–H and O–H groups in total. The van der Waals surface area contributed by atoms with E-state index in [0.717, 1.165) is 16.6 Å². The third-order valence-corrected chi connectivity index (χ3v) is 4.27. The van der Waals surface area contributed by atoms with Gasteiger partial charge in [-0.2, -0.15) is 5.26 Å². The van der Waals surface area contributed by atoms with Gasteiger partial charge in [-0.1, -0.05) is 23.7 Å². The van der Waals surface area contributed by atoms with Crippen molar-refractivity contribution in [3.63, 3.8) is 0 Å². The van der Waals surface area contributed by atoms with E-state index < -0.39 is 5.92 Å². The highest BCUT2D eigenvalue weighted by Gasteiger charge is 2.26. The molecule has 0 saturated heterocycles. The van der Waals surface area contributed by atoms with Crippen LogP contribution in [0.2, 0.25) is 5.02 Å². The molecule has 25 heavy (non-hydrogen) atoms. The normalized spacial score (nSPS) is 11.9. The van der Waals surface area contributed by atoms with Crippen LogP contribution < -0.4 is 4.74 Å². The Morgan fingerprint density at radius 1 is 1.36 bits per heavy atom. The van der Waals surface area contributed by atoms with Gasteiger partial charge in [-0.15, -0.1) is 0 Å². The van der Waals surface area contributed by atoms with E-state index >= 15 is 0 Å². The number of imidazole rings is 1. The van der Waals surface area contributed by atoms with Crippen molar-refractivity contribution in [1.82, 2.24) is 9.55 Å². The second kappa shape index (κ2) is 6.96. The van der Waals surface area contributed by atoms with Gasteiger partial charge in [0.2, 0.25) is 0 Å². The quantitative estimate of drug-likeness (QED) is 0.699. The molecule has 0 bridgehead atoms. The minimum atomic E-state index is -0.981. The summed E-state index contributed by atoms with van der Waals surface area (Å²) in [4.78, 5) is 17.0. The number of ether oxygens (including phenoxy) is 1. The largest absolute Gasteiger partial charge is 0.485 e. The first-order valence-corrected chi connectivity index (χ1v) is 8.11. The van der Waals surface area contributed by atoms with Crippen LogP contribution in [0.3, 0.4) is 0 Å². The lowest BCUT2D eigenvalue weighted by Crippen LogP contribution is -2.21. The lowest BCUT2D eigenvalue weighted by Gasteiger charge is -2.11. The number of nitrogens with zero attached hydrogens (tertiary/aromatic N) is 3. The molecular weight excluding hydrogens is 338 g/mol. The molecule has 0 aliphatic carbocycles. The van der Waals surface area contributed by atoms with Crippen molar-refractivity contribution in [3.05, 3.63) is 58.9 Å². The van der Waals surface area contributed by atoms with Crippen LogP contribution in [0.25, 0.3) is 11.0 Å². The Labute approximate surface area is 150 Å². The molecule has 0 saturated carbocycles. The van der Waals surface area contributed by atoms with Crippen molar-refractivity contribution in [2.75, 3.05) is 6.61 Å². The summed E-state index contributed by atoms with van der Waals surface area (Å²) in [6.45, 7) is 1.64. The first kappa shape index (κ1) is 17.0. The zero-order valence-electron chi connectivity index (χ0n) is 13.9. The van der Waals surface area contributed by atoms with Crippen molar-refractivity contribution in [2.45, 2.75) is 12.8 Å². The van der Waals surface area contributed by atoms with Gasteiger partial charge in [0.25, 0.3) is 0 Å². The molecule has 0 aliphatic heterocycles. The molecule has 6 heteroatoms. The van der Waals surface area contributed by atoms with Gasteiger partial charge >= 0.3 is 0 Å². The molecule has 0 amide bonds. The van der Waals surface area contributed by atoms with Gasteiger partial charge in [-0.3, -0.25) is 4.79 Å². The first-order chi connectivity index (χ1) is 12.0. The second-order valence-corrected chi connectivity index (χ2v) is 6.18. The predicted octanol–water partition coefficient (Wildman–Crippen LogP) is 3.79. The average Bonchev–Trinajstić information content (AvgIpc) is 2.92. The van der Waals surface area contributed by atoms with Crippen LogP contribution in [0.15, 0.2) is 42.5 Å². The van der Waals surface area contributed by atoms with E-state index in [2.05, 4.69) is 4.98 Å². The second-order valence-electron chi connectivity index (χ2n) is 5.74. The maximum Gasteiger partial charge on any atom is 0.194 e. The molecule has 1 atom stereocenters. The van der Waals surface area contributed by atoms with E-state index in [9.17, 15) is 10.1 Å². The summed E-state index contributed by atoms with van der Waals surface area (Å²) in [5.74, 6) is -0.329. The zero-order valence-corrected chi connectivity index (χ0v) is 14.6. The van der Waals surface area contributed by atoms with Gasteiger partial charge in [-0.25, -0.2) is 4.98 Å². The lowest BCUT2D eigenvalue weighted by molar-refractivity contribution is -0.121. The number of fused-ring (bicyclic) bond motifs is 1. The summed E-state index contributed by atoms with van der Waals surface area (Å²) in [6.07, 6.45) is 0. The number of para-hydroxylation sites is 2. The summed E-state index contributed by atoms with van der Waals surface area (Å²) < 4.78 is 7.35. The summed E-state index contributed by atoms with van der Waals surface area (Å²) in [5.41, 5.74) is 2.46. The first-order valence-electron chi connectivity index (χ1n) is 7.74. The number of benzene rings is 2. The number of halogens is 1. The number of Topliss-reactive ketones (excluding diaryl/α,β-unsaturated/α-hetero) is 1. The van der Waals surface area contributed by atoms with Crippen molar-refractivity contribution in [3.8, 4) is 11.8 Å². The van der Waals surface area contributed by atoms with Gasteiger partial charge in [0.15, 0.2) is 11.7 Å². The number of rotatable bonds is 5. The lowest BCUT2D eigenvalue weighted by atomic mass is 10.1. The Morgan fingerprint density at radius 3 is 2.80 bits per heavy atom. The number of ketones is 1. The highest BCUT2D eigenvalue weighted by atomic mass is 35.5. The fourth-order valence-electron chi connectivity index (χ4n) is 2.70. The van der Waals surface area contributed by atoms with E-state index in [1.807, 2.05) is 37.3 Å². The van der Waals surface area contributed by atoms with E-state index in [-0.39, 0.29) is 12.4 Å². The molecule has 126 valence electrons. The summed E-state index contributed by atoms with van der Waals surface area (Å²) in [6, 6.07) is 14.7. The summed E-state index contributed by atoms with van der Waals surface area (Å²) in [5, 5.41) is 10.1. The molecule has 0 fully saturated rings. The standard InChI is InChI=1S/C19H16ClN3O2/c1-12-9-13(20)7-8-18(12)25-11-17(24)14(10-21)19-22-15-5-3-4-6-16(15)23(19)2/h3-9,14H,11H2,1-2H3. The Bertz CT molecular complexity index is 988. The van der Waals surface area contributed by atoms with Crippen LogP contribution in [0.4, 0.5) is 0 Å². The molecule has 2 aromatic carbocycles. The Balaban J connectivity index is 1.81. The van der Waals surface area contributed by atoms with Crippen molar-refractivity contribution in [2.24, 2.45) is 7.05 Å². The van der Waals surface area contributed by atoms with Crippen LogP contribution in [0.1, 0.15) is 17.3 Å². The van der Waals surface area contributed by atoms with Gasteiger partial charge in [0.05, 0.1) is 17.1 Å². The minimum absolute atomic E-state index is 0.204. The van der Waals surface area contributed by atoms with E-state index in [1.165, 1.54) is 0 Å². The average molecular weight is 354 g/mol. The molecule has 5 nitrogen and oxygen atoms in total. The molecule has 1 heterocycles. The molecule has 0 aliphatic rings. The number of carbonyl (C=O) groups is 1. The van der Waals surface area contributed by atoms with Crippen LogP contribution in [-0.2, 0) is 11.8 Å². The van der Waals surface area contributed by atoms with E-state index in [4.69, 9.17) is 16.3 Å². The van der Waals surface area contributed by atoms with Gasteiger partial charge < -0.3 is 9.30 Å². The van der Waals surface area contributed by atoms with Gasteiger partial charge in [0, 0.05) is 12.1 Å². The van der Waals surface area contributed by atoms with Crippen LogP contribution in [0.5, 0.6) is 5.75 Å². The molecule has 1 unspecified atom stereocenters. The van der Waals surface area contributed by atoms with Crippen LogP contribution >= 0.6 is 11.6 Å². The van der Waals surface area contributed by atoms with Gasteiger partial charge in [0.1, 0.15) is 18.2 Å². The fraction of sp³-hybridized carbons (Fsp3) is 0.211. The molecule has 0 radical (unpaired) electrons. The smallest absolute Gasteiger partial charge is 0.194 e. The zero-order chi connectivity index (χ0) is 18.0. The maximum atomic E-state index is 12.5. The highest BCUT2D eigenvalue weighted by molar-refractivity contribution is 6.30. The predicted molar refractivity (Wildman–Crippen MR) is 95.8 cm³/mol. The monoisotopic (exact) mass is 353 g/mol. The van der Waals surface area contributed by atoms with Crippen LogP contribution in [0, 0.1) is 18.3 Å².